The lowest BCUT2D eigenvalue weighted by atomic mass is 10.1. The molecule has 1 aromatic heterocycles. The Labute approximate surface area is 113 Å². The minimum Gasteiger partial charge on any atom is -0.372 e. The van der Waals surface area contributed by atoms with Gasteiger partial charge in [0.05, 0.1) is 0 Å². The van der Waals surface area contributed by atoms with Gasteiger partial charge in [-0.3, -0.25) is 4.79 Å². The highest BCUT2D eigenvalue weighted by Crippen LogP contribution is 2.22. The van der Waals surface area contributed by atoms with Crippen molar-refractivity contribution in [2.75, 3.05) is 26.7 Å². The maximum atomic E-state index is 12.5. The monoisotopic (exact) mass is 266 g/mol. The fourth-order valence-corrected chi connectivity index (χ4v) is 2.52. The molecule has 1 aromatic rings. The van der Waals surface area contributed by atoms with Crippen LogP contribution in [0.4, 0.5) is 0 Å². The van der Waals surface area contributed by atoms with Crippen LogP contribution in [0.2, 0.25) is 0 Å². The second kappa shape index (κ2) is 6.16. The highest BCUT2D eigenvalue weighted by atomic mass is 16.5. The van der Waals surface area contributed by atoms with Gasteiger partial charge in [0.1, 0.15) is 18.0 Å². The molecule has 6 nitrogen and oxygen atoms in total. The summed E-state index contributed by atoms with van der Waals surface area (Å²) in [7, 11) is 3.54. The third kappa shape index (κ3) is 2.79. The van der Waals surface area contributed by atoms with Gasteiger partial charge in [-0.05, 0) is 6.42 Å². The number of hydrogen-bond donors (Lipinski definition) is 1. The minimum absolute atomic E-state index is 0.0227. The van der Waals surface area contributed by atoms with E-state index in [4.69, 9.17) is 4.74 Å². The first-order chi connectivity index (χ1) is 9.19. The molecule has 2 heterocycles. The number of piperazine rings is 1. The third-order valence-electron chi connectivity index (χ3n) is 3.61. The summed E-state index contributed by atoms with van der Waals surface area (Å²) in [6.07, 6.45) is 3.99. The zero-order chi connectivity index (χ0) is 13.8. The summed E-state index contributed by atoms with van der Waals surface area (Å²) < 4.78 is 7.24. The number of rotatable bonds is 4. The highest BCUT2D eigenvalue weighted by molar-refractivity contribution is 5.81. The zero-order valence-corrected chi connectivity index (χ0v) is 11.8. The normalized spacial score (nSPS) is 21.4. The molecule has 1 amide bonds. The predicted octanol–water partition coefficient (Wildman–Crippen LogP) is 0.318. The Kier molecular flexibility index (Phi) is 4.55. The average Bonchev–Trinajstić information content (AvgIpc) is 2.86. The van der Waals surface area contributed by atoms with Crippen LogP contribution in [-0.2, 0) is 16.6 Å². The van der Waals surface area contributed by atoms with Crippen molar-refractivity contribution in [2.45, 2.75) is 25.5 Å². The van der Waals surface area contributed by atoms with Gasteiger partial charge in [0, 0.05) is 46.2 Å². The number of imidazole rings is 1. The number of methoxy groups -OCH3 is 1. The number of carbonyl (C=O) groups excluding carboxylic acids is 1. The highest BCUT2D eigenvalue weighted by Gasteiger charge is 2.33. The Balaban J connectivity index is 2.21. The number of carbonyl (C=O) groups is 1. The molecule has 0 aromatic carbocycles. The summed E-state index contributed by atoms with van der Waals surface area (Å²) in [5.74, 6) is 0.964. The molecule has 2 unspecified atom stereocenters. The third-order valence-corrected chi connectivity index (χ3v) is 3.61. The van der Waals surface area contributed by atoms with E-state index in [1.165, 1.54) is 0 Å². The van der Waals surface area contributed by atoms with Crippen molar-refractivity contribution in [3.63, 3.8) is 0 Å². The van der Waals surface area contributed by atoms with Gasteiger partial charge in [0.2, 0.25) is 0 Å². The van der Waals surface area contributed by atoms with E-state index < -0.39 is 0 Å². The second-order valence-electron chi connectivity index (χ2n) is 4.78. The largest absolute Gasteiger partial charge is 0.372 e. The lowest BCUT2D eigenvalue weighted by Crippen LogP contribution is -2.52. The van der Waals surface area contributed by atoms with Crippen molar-refractivity contribution in [1.29, 1.82) is 0 Å². The van der Waals surface area contributed by atoms with Gasteiger partial charge in [-0.25, -0.2) is 4.98 Å². The van der Waals surface area contributed by atoms with E-state index in [-0.39, 0.29) is 18.1 Å². The van der Waals surface area contributed by atoms with Crippen LogP contribution in [0.1, 0.15) is 25.2 Å². The number of hydrogen-bond acceptors (Lipinski definition) is 4. The van der Waals surface area contributed by atoms with Crippen LogP contribution >= 0.6 is 0 Å². The van der Waals surface area contributed by atoms with Crippen LogP contribution < -0.4 is 5.32 Å². The van der Waals surface area contributed by atoms with Crippen LogP contribution in [0.25, 0.3) is 0 Å². The lowest BCUT2D eigenvalue weighted by Gasteiger charge is -2.37. The van der Waals surface area contributed by atoms with E-state index in [0.29, 0.717) is 13.0 Å². The second-order valence-corrected chi connectivity index (χ2v) is 4.78. The number of aryl methyl sites for hydroxylation is 1. The Morgan fingerprint density at radius 1 is 1.68 bits per heavy atom. The predicted molar refractivity (Wildman–Crippen MR) is 71.6 cm³/mol. The molecule has 0 radical (unpaired) electrons. The molecule has 0 aliphatic carbocycles. The Morgan fingerprint density at radius 3 is 3.05 bits per heavy atom. The first-order valence-corrected chi connectivity index (χ1v) is 6.70. The zero-order valence-electron chi connectivity index (χ0n) is 11.8. The van der Waals surface area contributed by atoms with Gasteiger partial charge in [0.25, 0.3) is 5.91 Å². The van der Waals surface area contributed by atoms with Crippen LogP contribution in [0.15, 0.2) is 12.4 Å². The first kappa shape index (κ1) is 14.0. The molecule has 1 fully saturated rings. The number of ether oxygens (including phenoxy) is 1. The molecule has 1 aliphatic rings. The number of nitrogens with one attached hydrogen (secondary N) is 1. The summed E-state index contributed by atoms with van der Waals surface area (Å²) in [4.78, 5) is 18.8. The maximum absolute atomic E-state index is 12.5. The quantitative estimate of drug-likeness (QED) is 0.852. The van der Waals surface area contributed by atoms with Gasteiger partial charge < -0.3 is 19.5 Å². The van der Waals surface area contributed by atoms with Gasteiger partial charge in [-0.15, -0.1) is 0 Å². The van der Waals surface area contributed by atoms with Crippen molar-refractivity contribution < 1.29 is 9.53 Å². The molecule has 6 heteroatoms. The van der Waals surface area contributed by atoms with Gasteiger partial charge in [-0.1, -0.05) is 6.92 Å². The van der Waals surface area contributed by atoms with E-state index in [0.717, 1.165) is 18.9 Å². The number of aromatic nitrogens is 2. The Bertz CT molecular complexity index is 428. The molecule has 1 aliphatic heterocycles. The summed E-state index contributed by atoms with van der Waals surface area (Å²) in [6, 6.07) is -0.0227. The molecule has 106 valence electrons. The van der Waals surface area contributed by atoms with Crippen LogP contribution in [0, 0.1) is 0 Å². The van der Waals surface area contributed by atoms with Gasteiger partial charge in [-0.2, -0.15) is 0 Å². The van der Waals surface area contributed by atoms with Gasteiger partial charge in [0.15, 0.2) is 0 Å². The number of amides is 1. The summed E-state index contributed by atoms with van der Waals surface area (Å²) >= 11 is 0. The van der Waals surface area contributed by atoms with Crippen LogP contribution in [-0.4, -0.2) is 53.2 Å². The lowest BCUT2D eigenvalue weighted by molar-refractivity contribution is -0.145. The van der Waals surface area contributed by atoms with E-state index in [1.807, 2.05) is 29.6 Å². The van der Waals surface area contributed by atoms with Crippen molar-refractivity contribution in [2.24, 2.45) is 7.05 Å². The molecule has 0 spiro atoms. The Morgan fingerprint density at radius 2 is 2.47 bits per heavy atom. The molecule has 1 N–H and O–H groups in total. The van der Waals surface area contributed by atoms with Crippen molar-refractivity contribution >= 4 is 5.91 Å². The van der Waals surface area contributed by atoms with E-state index >= 15 is 0 Å². The molecule has 19 heavy (non-hydrogen) atoms. The molecule has 2 atom stereocenters. The fourth-order valence-electron chi connectivity index (χ4n) is 2.52. The van der Waals surface area contributed by atoms with Crippen molar-refractivity contribution in [1.82, 2.24) is 19.8 Å². The maximum Gasteiger partial charge on any atom is 0.252 e. The SMILES string of the molecule is CCC(OC)C(=O)N1CCNCC1c1nccn1C. The standard InChI is InChI=1S/C13H22N4O2/c1-4-11(19-3)13(18)17-8-5-14-9-10(17)12-15-6-7-16(12)2/h6-7,10-11,14H,4-5,8-9H2,1-3H3. The topological polar surface area (TPSA) is 59.4 Å². The summed E-state index contributed by atoms with van der Waals surface area (Å²) in [6.45, 7) is 4.20. The first-order valence-electron chi connectivity index (χ1n) is 6.70. The van der Waals surface area contributed by atoms with Crippen LogP contribution in [0.3, 0.4) is 0 Å². The minimum atomic E-state index is -0.360. The molecular formula is C13H22N4O2. The molecule has 0 saturated carbocycles. The molecular weight excluding hydrogens is 244 g/mol. The van der Waals surface area contributed by atoms with E-state index in [2.05, 4.69) is 10.3 Å². The van der Waals surface area contributed by atoms with Gasteiger partial charge >= 0.3 is 0 Å². The van der Waals surface area contributed by atoms with Crippen LogP contribution in [0.5, 0.6) is 0 Å². The summed E-state index contributed by atoms with van der Waals surface area (Å²) in [5, 5.41) is 3.32. The van der Waals surface area contributed by atoms with Crippen molar-refractivity contribution in [3.05, 3.63) is 18.2 Å². The fraction of sp³-hybridized carbons (Fsp3) is 0.692. The molecule has 2 rings (SSSR count). The number of nitrogens with zero attached hydrogens (tertiary/aromatic N) is 3. The molecule has 0 bridgehead atoms. The molecule has 1 saturated heterocycles. The van der Waals surface area contributed by atoms with E-state index in [1.54, 1.807) is 13.3 Å². The average molecular weight is 266 g/mol. The smallest absolute Gasteiger partial charge is 0.252 e. The van der Waals surface area contributed by atoms with E-state index in [9.17, 15) is 4.79 Å². The van der Waals surface area contributed by atoms with Crippen molar-refractivity contribution in [3.8, 4) is 0 Å². The summed E-state index contributed by atoms with van der Waals surface area (Å²) in [5.41, 5.74) is 0. The Hall–Kier alpha value is -1.40.